The number of hydrogen-bond donors (Lipinski definition) is 1. The van der Waals surface area contributed by atoms with Gasteiger partial charge >= 0.3 is 0 Å². The lowest BCUT2D eigenvalue weighted by Gasteiger charge is -2.25. The Hall–Kier alpha value is -1.90. The van der Waals surface area contributed by atoms with Crippen LogP contribution in [0.4, 0.5) is 5.69 Å². The first kappa shape index (κ1) is 16.2. The van der Waals surface area contributed by atoms with Gasteiger partial charge in [-0.25, -0.2) is 0 Å². The van der Waals surface area contributed by atoms with E-state index in [1.165, 1.54) is 0 Å². The maximum absolute atomic E-state index is 12.0. The number of nitriles is 1. The van der Waals surface area contributed by atoms with Gasteiger partial charge in [0.2, 0.25) is 5.91 Å². The van der Waals surface area contributed by atoms with Gasteiger partial charge in [-0.2, -0.15) is 5.26 Å². The summed E-state index contributed by atoms with van der Waals surface area (Å²) in [6.07, 6.45) is 0. The number of ether oxygens (including phenoxy) is 1. The average molecular weight is 275 g/mol. The van der Waals surface area contributed by atoms with Gasteiger partial charge in [-0.15, -0.1) is 0 Å². The summed E-state index contributed by atoms with van der Waals surface area (Å²) in [5.74, 6) is -0.0927. The van der Waals surface area contributed by atoms with Crippen molar-refractivity contribution in [2.24, 2.45) is 0 Å². The van der Waals surface area contributed by atoms with Crippen molar-refractivity contribution in [2.75, 3.05) is 32.1 Å². The fraction of sp³-hybridized carbons (Fsp3) is 0.467. The van der Waals surface area contributed by atoms with Crippen molar-refractivity contribution in [1.82, 2.24) is 4.90 Å². The number of benzene rings is 1. The molecular weight excluding hydrogens is 254 g/mol. The zero-order valence-corrected chi connectivity index (χ0v) is 12.2. The Morgan fingerprint density at radius 2 is 2.25 bits per heavy atom. The van der Waals surface area contributed by atoms with E-state index in [2.05, 4.69) is 5.32 Å². The first-order valence-corrected chi connectivity index (χ1v) is 6.59. The number of carbonyl (C=O) groups is 1. The molecule has 0 spiro atoms. The lowest BCUT2D eigenvalue weighted by Crippen LogP contribution is -2.40. The quantitative estimate of drug-likeness (QED) is 0.825. The fourth-order valence-electron chi connectivity index (χ4n) is 1.78. The number of nitrogens with one attached hydrogen (secondary N) is 1. The van der Waals surface area contributed by atoms with Gasteiger partial charge in [-0.05, 0) is 32.0 Å². The minimum atomic E-state index is -0.0927. The highest BCUT2D eigenvalue weighted by Gasteiger charge is 2.13. The van der Waals surface area contributed by atoms with E-state index in [1.54, 1.807) is 31.4 Å². The van der Waals surface area contributed by atoms with E-state index in [4.69, 9.17) is 10.00 Å². The highest BCUT2D eigenvalue weighted by molar-refractivity contribution is 5.92. The molecule has 5 heteroatoms. The summed E-state index contributed by atoms with van der Waals surface area (Å²) in [4.78, 5) is 14.0. The lowest BCUT2D eigenvalue weighted by molar-refractivity contribution is -0.117. The SMILES string of the molecule is COCCN(CC(=O)Nc1cccc(C#N)c1)C(C)C. The third kappa shape index (κ3) is 5.39. The molecule has 1 aromatic rings. The Morgan fingerprint density at radius 1 is 1.50 bits per heavy atom. The van der Waals surface area contributed by atoms with Crippen molar-refractivity contribution in [2.45, 2.75) is 19.9 Å². The van der Waals surface area contributed by atoms with Crippen LogP contribution in [0.5, 0.6) is 0 Å². The molecule has 0 aromatic heterocycles. The van der Waals surface area contributed by atoms with Crippen LogP contribution in [-0.4, -0.2) is 43.7 Å². The summed E-state index contributed by atoms with van der Waals surface area (Å²) in [5, 5.41) is 11.6. The van der Waals surface area contributed by atoms with Gasteiger partial charge in [0, 0.05) is 25.4 Å². The van der Waals surface area contributed by atoms with Crippen molar-refractivity contribution >= 4 is 11.6 Å². The van der Waals surface area contributed by atoms with Crippen LogP contribution >= 0.6 is 0 Å². The Bertz CT molecular complexity index is 480. The van der Waals surface area contributed by atoms with Gasteiger partial charge in [0.05, 0.1) is 24.8 Å². The van der Waals surface area contributed by atoms with Crippen LogP contribution in [0.3, 0.4) is 0 Å². The Morgan fingerprint density at radius 3 is 2.85 bits per heavy atom. The molecule has 0 heterocycles. The first-order chi connectivity index (χ1) is 9.56. The van der Waals surface area contributed by atoms with Gasteiger partial charge in [-0.3, -0.25) is 9.69 Å². The maximum atomic E-state index is 12.0. The molecule has 0 aliphatic heterocycles. The van der Waals surface area contributed by atoms with Gasteiger partial charge in [-0.1, -0.05) is 6.07 Å². The summed E-state index contributed by atoms with van der Waals surface area (Å²) < 4.78 is 5.04. The Labute approximate surface area is 120 Å². The number of amides is 1. The van der Waals surface area contributed by atoms with Gasteiger partial charge in [0.25, 0.3) is 0 Å². The Kier molecular flexibility index (Phi) is 6.71. The molecular formula is C15H21N3O2. The zero-order valence-electron chi connectivity index (χ0n) is 12.2. The summed E-state index contributed by atoms with van der Waals surface area (Å²) >= 11 is 0. The molecule has 0 fully saturated rings. The summed E-state index contributed by atoms with van der Waals surface area (Å²) in [5.41, 5.74) is 1.17. The molecule has 1 aromatic carbocycles. The van der Waals surface area contributed by atoms with Crippen LogP contribution in [0.2, 0.25) is 0 Å². The maximum Gasteiger partial charge on any atom is 0.238 e. The van der Waals surface area contributed by atoms with Crippen LogP contribution in [0, 0.1) is 11.3 Å². The van der Waals surface area contributed by atoms with Crippen LogP contribution < -0.4 is 5.32 Å². The number of hydrogen-bond acceptors (Lipinski definition) is 4. The van der Waals surface area contributed by atoms with Crippen molar-refractivity contribution < 1.29 is 9.53 Å². The highest BCUT2D eigenvalue weighted by atomic mass is 16.5. The van der Waals surface area contributed by atoms with E-state index in [9.17, 15) is 4.79 Å². The molecule has 1 amide bonds. The summed E-state index contributed by atoms with van der Waals surface area (Å²) in [7, 11) is 1.64. The topological polar surface area (TPSA) is 65.4 Å². The molecule has 1 N–H and O–H groups in total. The van der Waals surface area contributed by atoms with Crippen LogP contribution in [0.15, 0.2) is 24.3 Å². The standard InChI is InChI=1S/C15H21N3O2/c1-12(2)18(7-8-20-3)11-15(19)17-14-6-4-5-13(9-14)10-16/h4-6,9,12H,7-8,11H2,1-3H3,(H,17,19). The summed E-state index contributed by atoms with van der Waals surface area (Å²) in [6, 6.07) is 9.20. The number of rotatable bonds is 7. The van der Waals surface area contributed by atoms with E-state index in [-0.39, 0.29) is 11.9 Å². The Balaban J connectivity index is 2.58. The third-order valence-electron chi connectivity index (χ3n) is 2.94. The van der Waals surface area contributed by atoms with E-state index >= 15 is 0 Å². The number of nitrogens with zero attached hydrogens (tertiary/aromatic N) is 2. The molecule has 0 saturated heterocycles. The van der Waals surface area contributed by atoms with Gasteiger partial charge < -0.3 is 10.1 Å². The van der Waals surface area contributed by atoms with Gasteiger partial charge in [0.15, 0.2) is 0 Å². The van der Waals surface area contributed by atoms with Crippen LogP contribution in [0.1, 0.15) is 19.4 Å². The van der Waals surface area contributed by atoms with E-state index in [1.807, 2.05) is 24.8 Å². The molecule has 0 saturated carbocycles. The van der Waals surface area contributed by atoms with E-state index in [0.29, 0.717) is 30.9 Å². The van der Waals surface area contributed by atoms with Crippen molar-refractivity contribution in [3.63, 3.8) is 0 Å². The lowest BCUT2D eigenvalue weighted by atomic mass is 10.2. The fourth-order valence-corrected chi connectivity index (χ4v) is 1.78. The predicted octanol–water partition coefficient (Wildman–Crippen LogP) is 1.85. The van der Waals surface area contributed by atoms with Crippen molar-refractivity contribution in [1.29, 1.82) is 5.26 Å². The average Bonchev–Trinajstić information content (AvgIpc) is 2.43. The highest BCUT2D eigenvalue weighted by Crippen LogP contribution is 2.10. The molecule has 20 heavy (non-hydrogen) atoms. The second kappa shape index (κ2) is 8.31. The molecule has 0 unspecified atom stereocenters. The third-order valence-corrected chi connectivity index (χ3v) is 2.94. The minimum Gasteiger partial charge on any atom is -0.383 e. The van der Waals surface area contributed by atoms with E-state index in [0.717, 1.165) is 0 Å². The number of anilines is 1. The second-order valence-electron chi connectivity index (χ2n) is 4.80. The zero-order chi connectivity index (χ0) is 15.0. The number of carbonyl (C=O) groups excluding carboxylic acids is 1. The molecule has 0 aliphatic rings. The monoisotopic (exact) mass is 275 g/mol. The van der Waals surface area contributed by atoms with Crippen LogP contribution in [0.25, 0.3) is 0 Å². The minimum absolute atomic E-state index is 0.0927. The van der Waals surface area contributed by atoms with Crippen molar-refractivity contribution in [3.05, 3.63) is 29.8 Å². The molecule has 0 aliphatic carbocycles. The molecule has 1 rings (SSSR count). The second-order valence-corrected chi connectivity index (χ2v) is 4.80. The number of methoxy groups -OCH3 is 1. The summed E-state index contributed by atoms with van der Waals surface area (Å²) in [6.45, 7) is 5.69. The molecule has 108 valence electrons. The molecule has 0 bridgehead atoms. The van der Waals surface area contributed by atoms with Gasteiger partial charge in [0.1, 0.15) is 0 Å². The smallest absolute Gasteiger partial charge is 0.238 e. The molecule has 0 atom stereocenters. The normalized spacial score (nSPS) is 10.6. The predicted molar refractivity (Wildman–Crippen MR) is 78.4 cm³/mol. The molecule has 0 radical (unpaired) electrons. The first-order valence-electron chi connectivity index (χ1n) is 6.59. The van der Waals surface area contributed by atoms with E-state index < -0.39 is 0 Å². The largest absolute Gasteiger partial charge is 0.383 e. The van der Waals surface area contributed by atoms with Crippen LogP contribution in [-0.2, 0) is 9.53 Å². The molecule has 5 nitrogen and oxygen atoms in total. The van der Waals surface area contributed by atoms with Crippen molar-refractivity contribution in [3.8, 4) is 6.07 Å².